The predicted octanol–water partition coefficient (Wildman–Crippen LogP) is 1.31. The lowest BCUT2D eigenvalue weighted by molar-refractivity contribution is 0.0187. The number of anilines is 1. The third-order valence-corrected chi connectivity index (χ3v) is 4.46. The highest BCUT2D eigenvalue weighted by Gasteiger charge is 2.22. The first kappa shape index (κ1) is 15.9. The van der Waals surface area contributed by atoms with E-state index in [9.17, 15) is 0 Å². The van der Waals surface area contributed by atoms with Crippen LogP contribution in [-0.4, -0.2) is 63.0 Å². The molecule has 0 aliphatic carbocycles. The van der Waals surface area contributed by atoms with Crippen LogP contribution >= 0.6 is 0 Å². The number of hydrogen-bond acceptors (Lipinski definition) is 7. The topological polar surface area (TPSA) is 80.5 Å². The van der Waals surface area contributed by atoms with Crippen molar-refractivity contribution in [2.75, 3.05) is 38.2 Å². The highest BCUT2D eigenvalue weighted by molar-refractivity contribution is 5.42. The average Bonchev–Trinajstić information content (AvgIpc) is 3.11. The summed E-state index contributed by atoms with van der Waals surface area (Å²) in [6.45, 7) is 6.29. The summed E-state index contributed by atoms with van der Waals surface area (Å²) in [6, 6.07) is 12.7. The summed E-state index contributed by atoms with van der Waals surface area (Å²) in [5.74, 6) is 0.755. The van der Waals surface area contributed by atoms with Crippen molar-refractivity contribution in [3.8, 4) is 0 Å². The van der Waals surface area contributed by atoms with Crippen LogP contribution in [0.1, 0.15) is 17.2 Å². The zero-order valence-electron chi connectivity index (χ0n) is 14.2. The van der Waals surface area contributed by atoms with Crippen LogP contribution in [0, 0.1) is 6.92 Å². The van der Waals surface area contributed by atoms with Crippen LogP contribution in [0.25, 0.3) is 5.65 Å². The van der Waals surface area contributed by atoms with Crippen LogP contribution < -0.4 is 5.32 Å². The zero-order chi connectivity index (χ0) is 17.1. The molecule has 0 bridgehead atoms. The molecule has 1 aliphatic heterocycles. The lowest BCUT2D eigenvalue weighted by Gasteiger charge is -2.35. The van der Waals surface area contributed by atoms with Gasteiger partial charge >= 0.3 is 0 Å². The standard InChI is InChI=1S/C17H21N7O/c1-13-3-2-4-14(11-13)15(23-7-9-25-10-8-23)12-18-16-5-6-17-19-21-22-24(17)20-16/h2-6,11,15H,7-10,12H2,1H3,(H,18,20). The van der Waals surface area contributed by atoms with Gasteiger partial charge < -0.3 is 10.1 Å². The van der Waals surface area contributed by atoms with E-state index in [1.807, 2.05) is 12.1 Å². The summed E-state index contributed by atoms with van der Waals surface area (Å²) in [5.41, 5.74) is 3.20. The maximum atomic E-state index is 5.51. The van der Waals surface area contributed by atoms with E-state index >= 15 is 0 Å². The molecule has 1 saturated heterocycles. The van der Waals surface area contributed by atoms with Gasteiger partial charge in [-0.25, -0.2) is 0 Å². The third kappa shape index (κ3) is 3.59. The average molecular weight is 339 g/mol. The molecule has 1 aliphatic rings. The zero-order valence-corrected chi connectivity index (χ0v) is 14.2. The molecule has 3 heterocycles. The number of tetrazole rings is 1. The second kappa shape index (κ2) is 7.12. The lowest BCUT2D eigenvalue weighted by Crippen LogP contribution is -2.41. The number of hydrogen-bond donors (Lipinski definition) is 1. The molecule has 4 rings (SSSR count). The van der Waals surface area contributed by atoms with E-state index in [4.69, 9.17) is 4.74 Å². The molecule has 0 spiro atoms. The number of aryl methyl sites for hydroxylation is 1. The minimum atomic E-state index is 0.259. The minimum Gasteiger partial charge on any atom is -0.379 e. The number of nitrogens with one attached hydrogen (secondary N) is 1. The van der Waals surface area contributed by atoms with Crippen LogP contribution in [0.4, 0.5) is 5.82 Å². The Bertz CT molecular complexity index is 844. The van der Waals surface area contributed by atoms with Crippen LogP contribution in [0.15, 0.2) is 36.4 Å². The molecule has 25 heavy (non-hydrogen) atoms. The maximum Gasteiger partial charge on any atom is 0.200 e. The van der Waals surface area contributed by atoms with Gasteiger partial charge in [-0.15, -0.1) is 14.8 Å². The Balaban J connectivity index is 1.54. The molecule has 8 heteroatoms. The van der Waals surface area contributed by atoms with E-state index in [1.54, 1.807) is 0 Å². The quantitative estimate of drug-likeness (QED) is 0.751. The Kier molecular flexibility index (Phi) is 4.53. The summed E-state index contributed by atoms with van der Waals surface area (Å²) in [6.07, 6.45) is 0. The second-order valence-corrected chi connectivity index (χ2v) is 6.20. The van der Waals surface area contributed by atoms with Gasteiger partial charge in [0.25, 0.3) is 0 Å². The van der Waals surface area contributed by atoms with Gasteiger partial charge in [0.05, 0.1) is 19.3 Å². The number of fused-ring (bicyclic) bond motifs is 1. The number of aromatic nitrogens is 5. The van der Waals surface area contributed by atoms with Crippen molar-refractivity contribution in [2.24, 2.45) is 0 Å². The Labute approximate surface area is 145 Å². The molecule has 0 radical (unpaired) electrons. The highest BCUT2D eigenvalue weighted by atomic mass is 16.5. The van der Waals surface area contributed by atoms with E-state index in [0.29, 0.717) is 5.65 Å². The molecule has 8 nitrogen and oxygen atoms in total. The smallest absolute Gasteiger partial charge is 0.200 e. The van der Waals surface area contributed by atoms with Gasteiger partial charge in [0.2, 0.25) is 0 Å². The first-order chi connectivity index (χ1) is 12.3. The van der Waals surface area contributed by atoms with Crippen molar-refractivity contribution in [1.82, 2.24) is 30.2 Å². The predicted molar refractivity (Wildman–Crippen MR) is 93.4 cm³/mol. The Morgan fingerprint density at radius 2 is 2.08 bits per heavy atom. The first-order valence-corrected chi connectivity index (χ1v) is 8.47. The summed E-state index contributed by atoms with van der Waals surface area (Å²) < 4.78 is 6.94. The van der Waals surface area contributed by atoms with E-state index in [1.165, 1.54) is 15.8 Å². The number of benzene rings is 1. The maximum absolute atomic E-state index is 5.51. The van der Waals surface area contributed by atoms with Gasteiger partial charge in [0.15, 0.2) is 5.65 Å². The van der Waals surface area contributed by atoms with E-state index in [0.717, 1.165) is 38.7 Å². The monoisotopic (exact) mass is 339 g/mol. The molecule has 2 aromatic heterocycles. The largest absolute Gasteiger partial charge is 0.379 e. The van der Waals surface area contributed by atoms with Crippen molar-refractivity contribution >= 4 is 11.5 Å². The van der Waals surface area contributed by atoms with Crippen LogP contribution in [0.2, 0.25) is 0 Å². The fourth-order valence-corrected chi connectivity index (χ4v) is 3.17. The number of ether oxygens (including phenoxy) is 1. The van der Waals surface area contributed by atoms with E-state index in [-0.39, 0.29) is 6.04 Å². The minimum absolute atomic E-state index is 0.259. The summed E-state index contributed by atoms with van der Waals surface area (Å²) in [7, 11) is 0. The Hall–Kier alpha value is -2.58. The van der Waals surface area contributed by atoms with Gasteiger partial charge in [0, 0.05) is 19.6 Å². The fourth-order valence-electron chi connectivity index (χ4n) is 3.17. The van der Waals surface area contributed by atoms with Crippen molar-refractivity contribution in [3.05, 3.63) is 47.5 Å². The van der Waals surface area contributed by atoms with Gasteiger partial charge in [0.1, 0.15) is 5.82 Å². The van der Waals surface area contributed by atoms with Gasteiger partial charge in [-0.3, -0.25) is 4.90 Å². The van der Waals surface area contributed by atoms with Crippen molar-refractivity contribution < 1.29 is 4.74 Å². The molecular formula is C17H21N7O. The SMILES string of the molecule is Cc1cccc(C(CNc2ccc3nnnn3n2)N2CCOCC2)c1. The number of nitrogens with zero attached hydrogens (tertiary/aromatic N) is 6. The molecule has 1 fully saturated rings. The molecule has 1 atom stereocenters. The van der Waals surface area contributed by atoms with Crippen molar-refractivity contribution in [2.45, 2.75) is 13.0 Å². The van der Waals surface area contributed by atoms with Gasteiger partial charge in [-0.1, -0.05) is 29.8 Å². The fraction of sp³-hybridized carbons (Fsp3) is 0.412. The molecule has 1 unspecified atom stereocenters. The molecule has 3 aromatic rings. The summed E-state index contributed by atoms with van der Waals surface area (Å²) in [4.78, 5) is 2.46. The van der Waals surface area contributed by atoms with Crippen LogP contribution in [-0.2, 0) is 4.74 Å². The van der Waals surface area contributed by atoms with Crippen LogP contribution in [0.5, 0.6) is 0 Å². The van der Waals surface area contributed by atoms with Gasteiger partial charge in [-0.05, 0) is 35.0 Å². The molecule has 1 aromatic carbocycles. The molecular weight excluding hydrogens is 318 g/mol. The molecule has 1 N–H and O–H groups in total. The summed E-state index contributed by atoms with van der Waals surface area (Å²) in [5, 5.41) is 19.2. The van der Waals surface area contributed by atoms with Crippen molar-refractivity contribution in [1.29, 1.82) is 0 Å². The molecule has 0 amide bonds. The number of morpholine rings is 1. The normalized spacial score (nSPS) is 16.8. The van der Waals surface area contributed by atoms with E-state index < -0.39 is 0 Å². The second-order valence-electron chi connectivity index (χ2n) is 6.20. The Morgan fingerprint density at radius 1 is 1.20 bits per heavy atom. The van der Waals surface area contributed by atoms with E-state index in [2.05, 4.69) is 62.0 Å². The summed E-state index contributed by atoms with van der Waals surface area (Å²) >= 11 is 0. The molecule has 0 saturated carbocycles. The Morgan fingerprint density at radius 3 is 2.92 bits per heavy atom. The molecule has 130 valence electrons. The first-order valence-electron chi connectivity index (χ1n) is 8.47. The lowest BCUT2D eigenvalue weighted by atomic mass is 10.0. The van der Waals surface area contributed by atoms with Gasteiger partial charge in [-0.2, -0.15) is 0 Å². The van der Waals surface area contributed by atoms with Crippen LogP contribution in [0.3, 0.4) is 0 Å². The third-order valence-electron chi connectivity index (χ3n) is 4.46. The number of rotatable bonds is 5. The van der Waals surface area contributed by atoms with Crippen molar-refractivity contribution in [3.63, 3.8) is 0 Å². The highest BCUT2D eigenvalue weighted by Crippen LogP contribution is 2.23.